The van der Waals surface area contributed by atoms with Gasteiger partial charge in [-0.05, 0) is 32.0 Å². The van der Waals surface area contributed by atoms with Crippen molar-refractivity contribution in [1.29, 1.82) is 0 Å². The Hall–Kier alpha value is -1.43. The normalized spacial score (nSPS) is 15.9. The molecule has 0 saturated carbocycles. The third kappa shape index (κ3) is 5.53. The molecule has 0 spiro atoms. The van der Waals surface area contributed by atoms with Crippen LogP contribution in [0.3, 0.4) is 0 Å². The quantitative estimate of drug-likeness (QED) is 0.722. The highest BCUT2D eigenvalue weighted by atomic mass is 32.1. The van der Waals surface area contributed by atoms with Gasteiger partial charge in [-0.3, -0.25) is 4.90 Å². The summed E-state index contributed by atoms with van der Waals surface area (Å²) in [6.07, 6.45) is 4.41. The minimum Gasteiger partial charge on any atom is -0.346 e. The predicted molar refractivity (Wildman–Crippen MR) is 108 cm³/mol. The fraction of sp³-hybridized carbons (Fsp3) is 0.550. The SMILES string of the molecule is CCCN1CCN(c2ncc(CCN(C)Cc3ccccc3)s2)CC1. The molecular formula is C20H30N4S. The van der Waals surface area contributed by atoms with Crippen molar-refractivity contribution in [2.45, 2.75) is 26.3 Å². The van der Waals surface area contributed by atoms with E-state index in [0.29, 0.717) is 0 Å². The number of anilines is 1. The molecule has 0 bridgehead atoms. The molecule has 1 aliphatic rings. The van der Waals surface area contributed by atoms with Crippen molar-refractivity contribution in [3.05, 3.63) is 47.0 Å². The summed E-state index contributed by atoms with van der Waals surface area (Å²) >= 11 is 1.87. The number of hydrogen-bond donors (Lipinski definition) is 0. The van der Waals surface area contributed by atoms with Crippen LogP contribution in [0.5, 0.6) is 0 Å². The summed E-state index contributed by atoms with van der Waals surface area (Å²) in [5.41, 5.74) is 1.37. The Morgan fingerprint density at radius 2 is 1.88 bits per heavy atom. The Labute approximate surface area is 156 Å². The molecule has 5 heteroatoms. The number of rotatable bonds is 8. The molecule has 1 aromatic heterocycles. The zero-order valence-electron chi connectivity index (χ0n) is 15.5. The Kier molecular flexibility index (Phi) is 6.84. The maximum Gasteiger partial charge on any atom is 0.185 e. The summed E-state index contributed by atoms with van der Waals surface area (Å²) in [6, 6.07) is 10.7. The maximum atomic E-state index is 4.68. The summed E-state index contributed by atoms with van der Waals surface area (Å²) in [4.78, 5) is 13.5. The summed E-state index contributed by atoms with van der Waals surface area (Å²) in [7, 11) is 2.20. The number of likely N-dealkylation sites (N-methyl/N-ethyl adjacent to an activating group) is 1. The van der Waals surface area contributed by atoms with Crippen molar-refractivity contribution in [1.82, 2.24) is 14.8 Å². The van der Waals surface area contributed by atoms with E-state index < -0.39 is 0 Å². The highest BCUT2D eigenvalue weighted by Gasteiger charge is 2.18. The van der Waals surface area contributed by atoms with Crippen LogP contribution in [0.25, 0.3) is 0 Å². The van der Waals surface area contributed by atoms with Gasteiger partial charge >= 0.3 is 0 Å². The monoisotopic (exact) mass is 358 g/mol. The lowest BCUT2D eigenvalue weighted by atomic mass is 10.2. The second-order valence-electron chi connectivity index (χ2n) is 6.91. The van der Waals surface area contributed by atoms with Crippen molar-refractivity contribution < 1.29 is 0 Å². The van der Waals surface area contributed by atoms with Crippen LogP contribution in [0.4, 0.5) is 5.13 Å². The molecule has 0 N–H and O–H groups in total. The van der Waals surface area contributed by atoms with Crippen molar-refractivity contribution >= 4 is 16.5 Å². The molecule has 0 amide bonds. The molecule has 2 aromatic rings. The molecule has 0 atom stereocenters. The first-order valence-electron chi connectivity index (χ1n) is 9.39. The largest absolute Gasteiger partial charge is 0.346 e. The van der Waals surface area contributed by atoms with Gasteiger partial charge in [-0.2, -0.15) is 0 Å². The Balaban J connectivity index is 1.44. The zero-order valence-corrected chi connectivity index (χ0v) is 16.3. The highest BCUT2D eigenvalue weighted by Crippen LogP contribution is 2.24. The number of aromatic nitrogens is 1. The second kappa shape index (κ2) is 9.32. The Morgan fingerprint density at radius 1 is 1.12 bits per heavy atom. The van der Waals surface area contributed by atoms with Gasteiger partial charge in [-0.15, -0.1) is 11.3 Å². The third-order valence-electron chi connectivity index (χ3n) is 4.76. The summed E-state index contributed by atoms with van der Waals surface area (Å²) < 4.78 is 0. The maximum absolute atomic E-state index is 4.68. The Bertz CT molecular complexity index is 620. The van der Waals surface area contributed by atoms with Gasteiger partial charge in [0.15, 0.2) is 5.13 Å². The van der Waals surface area contributed by atoms with E-state index in [0.717, 1.165) is 32.6 Å². The van der Waals surface area contributed by atoms with Crippen molar-refractivity contribution in [2.75, 3.05) is 51.2 Å². The molecule has 3 rings (SSSR count). The molecule has 1 fully saturated rings. The number of hydrogen-bond acceptors (Lipinski definition) is 5. The predicted octanol–water partition coefficient (Wildman–Crippen LogP) is 3.35. The van der Waals surface area contributed by atoms with Gasteiger partial charge in [0, 0.05) is 50.3 Å². The van der Waals surface area contributed by atoms with Crippen LogP contribution in [-0.4, -0.2) is 61.1 Å². The van der Waals surface area contributed by atoms with E-state index >= 15 is 0 Å². The number of piperazine rings is 1. The minimum atomic E-state index is 1.01. The Morgan fingerprint density at radius 3 is 2.60 bits per heavy atom. The molecule has 4 nitrogen and oxygen atoms in total. The van der Waals surface area contributed by atoms with Gasteiger partial charge < -0.3 is 9.80 Å². The fourth-order valence-electron chi connectivity index (χ4n) is 3.31. The standard InChI is InChI=1S/C20H30N4S/c1-3-10-23-12-14-24(15-13-23)20-21-16-19(25-20)9-11-22(2)17-18-7-5-4-6-8-18/h4-8,16H,3,9-15,17H2,1-2H3. The second-order valence-corrected chi connectivity index (χ2v) is 8.00. The first-order valence-corrected chi connectivity index (χ1v) is 10.2. The van der Waals surface area contributed by atoms with Gasteiger partial charge in [-0.25, -0.2) is 4.98 Å². The zero-order chi connectivity index (χ0) is 17.5. The van der Waals surface area contributed by atoms with Crippen LogP contribution in [0.15, 0.2) is 36.5 Å². The number of thiazole rings is 1. The van der Waals surface area contributed by atoms with E-state index in [1.54, 1.807) is 0 Å². The molecule has 25 heavy (non-hydrogen) atoms. The lowest BCUT2D eigenvalue weighted by Gasteiger charge is -2.34. The topological polar surface area (TPSA) is 22.6 Å². The smallest absolute Gasteiger partial charge is 0.185 e. The van der Waals surface area contributed by atoms with E-state index in [1.807, 2.05) is 11.3 Å². The first-order chi connectivity index (χ1) is 12.2. The molecule has 0 aliphatic carbocycles. The molecular weight excluding hydrogens is 328 g/mol. The van der Waals surface area contributed by atoms with Gasteiger partial charge in [0.2, 0.25) is 0 Å². The first kappa shape index (κ1) is 18.4. The van der Waals surface area contributed by atoms with E-state index in [2.05, 4.69) is 70.2 Å². The van der Waals surface area contributed by atoms with Gasteiger partial charge in [0.05, 0.1) is 0 Å². The third-order valence-corrected chi connectivity index (χ3v) is 5.88. The number of benzene rings is 1. The molecule has 136 valence electrons. The molecule has 1 aliphatic heterocycles. The van der Waals surface area contributed by atoms with E-state index in [1.165, 1.54) is 41.6 Å². The molecule has 0 unspecified atom stereocenters. The van der Waals surface area contributed by atoms with E-state index in [9.17, 15) is 0 Å². The summed E-state index contributed by atoms with van der Waals surface area (Å²) in [6.45, 7) is 10.1. The van der Waals surface area contributed by atoms with Crippen molar-refractivity contribution in [2.24, 2.45) is 0 Å². The average Bonchev–Trinajstić information content (AvgIpc) is 3.11. The van der Waals surface area contributed by atoms with E-state index in [-0.39, 0.29) is 0 Å². The molecule has 2 heterocycles. The van der Waals surface area contributed by atoms with Crippen molar-refractivity contribution in [3.8, 4) is 0 Å². The summed E-state index contributed by atoms with van der Waals surface area (Å²) in [5.74, 6) is 0. The molecule has 1 aromatic carbocycles. The van der Waals surface area contributed by atoms with Gasteiger partial charge in [0.25, 0.3) is 0 Å². The van der Waals surface area contributed by atoms with Crippen LogP contribution < -0.4 is 4.90 Å². The van der Waals surface area contributed by atoms with Crippen LogP contribution in [0.2, 0.25) is 0 Å². The summed E-state index contributed by atoms with van der Waals surface area (Å²) in [5, 5.41) is 1.21. The van der Waals surface area contributed by atoms with Crippen LogP contribution in [0, 0.1) is 0 Å². The minimum absolute atomic E-state index is 1.01. The van der Waals surface area contributed by atoms with Crippen LogP contribution in [0.1, 0.15) is 23.8 Å². The average molecular weight is 359 g/mol. The van der Waals surface area contributed by atoms with Crippen LogP contribution >= 0.6 is 11.3 Å². The van der Waals surface area contributed by atoms with Crippen molar-refractivity contribution in [3.63, 3.8) is 0 Å². The fourth-order valence-corrected chi connectivity index (χ4v) is 4.26. The highest BCUT2D eigenvalue weighted by molar-refractivity contribution is 7.15. The lowest BCUT2D eigenvalue weighted by Crippen LogP contribution is -2.46. The van der Waals surface area contributed by atoms with E-state index in [4.69, 9.17) is 0 Å². The molecule has 1 saturated heterocycles. The van der Waals surface area contributed by atoms with Crippen LogP contribution in [-0.2, 0) is 13.0 Å². The van der Waals surface area contributed by atoms with Gasteiger partial charge in [0.1, 0.15) is 0 Å². The molecule has 0 radical (unpaired) electrons. The van der Waals surface area contributed by atoms with Gasteiger partial charge in [-0.1, -0.05) is 37.3 Å². The lowest BCUT2D eigenvalue weighted by molar-refractivity contribution is 0.258. The number of nitrogens with zero attached hydrogens (tertiary/aromatic N) is 4.